The Morgan fingerprint density at radius 2 is 1.73 bits per heavy atom. The van der Waals surface area contributed by atoms with Crippen LogP contribution in [0.1, 0.15) is 15.9 Å². The lowest BCUT2D eigenvalue weighted by Crippen LogP contribution is -2.27. The largest absolute Gasteiger partial charge is 0.497 e. The van der Waals surface area contributed by atoms with E-state index in [1.165, 1.54) is 35.6 Å². The SMILES string of the molecule is COc1cccc(NC(=O)c2ccc(N(C)S(=O)(=O)c3ccc(Cl)cc3)c(C)c2)c1. The molecule has 8 heteroatoms. The molecule has 0 spiro atoms. The fraction of sp³-hybridized carbons (Fsp3) is 0.136. The number of amides is 1. The van der Waals surface area contributed by atoms with E-state index < -0.39 is 10.0 Å². The summed E-state index contributed by atoms with van der Waals surface area (Å²) in [6.07, 6.45) is 0. The van der Waals surface area contributed by atoms with Crippen molar-refractivity contribution in [2.24, 2.45) is 0 Å². The van der Waals surface area contributed by atoms with E-state index in [0.717, 1.165) is 0 Å². The van der Waals surface area contributed by atoms with Crippen LogP contribution in [0.2, 0.25) is 5.02 Å². The van der Waals surface area contributed by atoms with Crippen molar-refractivity contribution in [3.63, 3.8) is 0 Å². The molecule has 0 bridgehead atoms. The minimum Gasteiger partial charge on any atom is -0.497 e. The standard InChI is InChI=1S/C22H21ClN2O4S/c1-15-13-16(22(26)24-18-5-4-6-19(14-18)29-3)7-12-21(15)25(2)30(27,28)20-10-8-17(23)9-11-20/h4-14H,1-3H3,(H,24,26). The van der Waals surface area contributed by atoms with Gasteiger partial charge >= 0.3 is 0 Å². The fourth-order valence-electron chi connectivity index (χ4n) is 2.95. The van der Waals surface area contributed by atoms with E-state index in [1.807, 2.05) is 0 Å². The molecule has 0 aromatic heterocycles. The maximum Gasteiger partial charge on any atom is 0.264 e. The van der Waals surface area contributed by atoms with Gasteiger partial charge in [0.25, 0.3) is 15.9 Å². The summed E-state index contributed by atoms with van der Waals surface area (Å²) >= 11 is 5.85. The first-order chi connectivity index (χ1) is 14.2. The summed E-state index contributed by atoms with van der Waals surface area (Å²) in [7, 11) is -0.733. The molecular weight excluding hydrogens is 424 g/mol. The van der Waals surface area contributed by atoms with E-state index in [4.69, 9.17) is 16.3 Å². The summed E-state index contributed by atoms with van der Waals surface area (Å²) in [5.41, 5.74) is 2.14. The van der Waals surface area contributed by atoms with Gasteiger partial charge in [0.05, 0.1) is 17.7 Å². The highest BCUT2D eigenvalue weighted by Crippen LogP contribution is 2.27. The van der Waals surface area contributed by atoms with Gasteiger partial charge in [0.2, 0.25) is 0 Å². The van der Waals surface area contributed by atoms with Crippen molar-refractivity contribution in [1.29, 1.82) is 0 Å². The predicted molar refractivity (Wildman–Crippen MR) is 119 cm³/mol. The lowest BCUT2D eigenvalue weighted by molar-refractivity contribution is 0.102. The van der Waals surface area contributed by atoms with E-state index in [1.54, 1.807) is 56.5 Å². The molecule has 1 amide bonds. The number of methoxy groups -OCH3 is 1. The molecule has 0 atom stereocenters. The van der Waals surface area contributed by atoms with E-state index in [2.05, 4.69) is 5.32 Å². The number of anilines is 2. The van der Waals surface area contributed by atoms with E-state index in [0.29, 0.717) is 33.3 Å². The minimum atomic E-state index is -3.76. The molecule has 3 rings (SSSR count). The number of sulfonamides is 1. The van der Waals surface area contributed by atoms with Gasteiger partial charge in [-0.05, 0) is 67.1 Å². The van der Waals surface area contributed by atoms with Crippen LogP contribution < -0.4 is 14.4 Å². The molecule has 30 heavy (non-hydrogen) atoms. The quantitative estimate of drug-likeness (QED) is 0.596. The smallest absolute Gasteiger partial charge is 0.264 e. The lowest BCUT2D eigenvalue weighted by atomic mass is 10.1. The minimum absolute atomic E-state index is 0.133. The molecule has 6 nitrogen and oxygen atoms in total. The first-order valence-corrected chi connectivity index (χ1v) is 10.8. The topological polar surface area (TPSA) is 75.7 Å². The van der Waals surface area contributed by atoms with Gasteiger partial charge in [0.15, 0.2) is 0 Å². The van der Waals surface area contributed by atoms with Crippen molar-refractivity contribution in [2.75, 3.05) is 23.8 Å². The molecule has 156 valence electrons. The van der Waals surface area contributed by atoms with E-state index in [-0.39, 0.29) is 10.8 Å². The molecule has 0 fully saturated rings. The second kappa shape index (κ2) is 8.77. The number of nitrogens with one attached hydrogen (secondary N) is 1. The number of benzene rings is 3. The maximum atomic E-state index is 12.9. The Balaban J connectivity index is 1.83. The third-order valence-corrected chi connectivity index (χ3v) is 6.64. The van der Waals surface area contributed by atoms with Gasteiger partial charge in [0, 0.05) is 29.4 Å². The Hall–Kier alpha value is -3.03. The van der Waals surface area contributed by atoms with Crippen LogP contribution in [0.25, 0.3) is 0 Å². The highest BCUT2D eigenvalue weighted by atomic mass is 35.5. The van der Waals surface area contributed by atoms with Crippen LogP contribution in [0.5, 0.6) is 5.75 Å². The fourth-order valence-corrected chi connectivity index (χ4v) is 4.33. The summed E-state index contributed by atoms with van der Waals surface area (Å²) in [6, 6.07) is 17.9. The number of rotatable bonds is 6. The molecule has 0 saturated heterocycles. The number of carbonyl (C=O) groups excluding carboxylic acids is 1. The number of ether oxygens (including phenoxy) is 1. The van der Waals surface area contributed by atoms with Crippen molar-refractivity contribution in [1.82, 2.24) is 0 Å². The molecule has 0 aliphatic heterocycles. The number of hydrogen-bond donors (Lipinski definition) is 1. The van der Waals surface area contributed by atoms with Gasteiger partial charge in [-0.1, -0.05) is 17.7 Å². The summed E-state index contributed by atoms with van der Waals surface area (Å²) in [5, 5.41) is 3.26. The molecule has 0 saturated carbocycles. The molecule has 0 aliphatic carbocycles. The van der Waals surface area contributed by atoms with Crippen molar-refractivity contribution in [3.05, 3.63) is 82.9 Å². The van der Waals surface area contributed by atoms with Gasteiger partial charge in [-0.15, -0.1) is 0 Å². The van der Waals surface area contributed by atoms with Crippen LogP contribution in [-0.2, 0) is 10.0 Å². The van der Waals surface area contributed by atoms with Crippen molar-refractivity contribution >= 4 is 38.9 Å². The van der Waals surface area contributed by atoms with Crippen LogP contribution in [0.4, 0.5) is 11.4 Å². The molecule has 3 aromatic carbocycles. The van der Waals surface area contributed by atoms with Gasteiger partial charge in [-0.25, -0.2) is 8.42 Å². The monoisotopic (exact) mass is 444 g/mol. The molecule has 0 heterocycles. The second-order valence-corrected chi connectivity index (χ2v) is 9.02. The van der Waals surface area contributed by atoms with E-state index >= 15 is 0 Å². The first kappa shape index (κ1) is 21.7. The van der Waals surface area contributed by atoms with E-state index in [9.17, 15) is 13.2 Å². The van der Waals surface area contributed by atoms with Crippen molar-refractivity contribution < 1.29 is 17.9 Å². The zero-order valence-corrected chi connectivity index (χ0v) is 18.3. The molecule has 0 unspecified atom stereocenters. The Morgan fingerprint density at radius 3 is 2.37 bits per heavy atom. The predicted octanol–water partition coefficient (Wildman–Crippen LogP) is 4.73. The maximum absolute atomic E-state index is 12.9. The first-order valence-electron chi connectivity index (χ1n) is 9.03. The van der Waals surface area contributed by atoms with Crippen LogP contribution >= 0.6 is 11.6 Å². The molecule has 1 N–H and O–H groups in total. The average molecular weight is 445 g/mol. The second-order valence-electron chi connectivity index (χ2n) is 6.61. The van der Waals surface area contributed by atoms with Crippen molar-refractivity contribution in [2.45, 2.75) is 11.8 Å². The highest BCUT2D eigenvalue weighted by molar-refractivity contribution is 7.92. The van der Waals surface area contributed by atoms with Gasteiger partial charge in [0.1, 0.15) is 5.75 Å². The van der Waals surface area contributed by atoms with Crippen LogP contribution in [0.3, 0.4) is 0 Å². The van der Waals surface area contributed by atoms with Gasteiger partial charge in [-0.3, -0.25) is 9.10 Å². The molecular formula is C22H21ClN2O4S. The van der Waals surface area contributed by atoms with Gasteiger partial charge in [-0.2, -0.15) is 0 Å². The summed E-state index contributed by atoms with van der Waals surface area (Å²) in [4.78, 5) is 12.7. The lowest BCUT2D eigenvalue weighted by Gasteiger charge is -2.22. The van der Waals surface area contributed by atoms with Crippen molar-refractivity contribution in [3.8, 4) is 5.75 Å². The van der Waals surface area contributed by atoms with Crippen LogP contribution in [0, 0.1) is 6.92 Å². The number of hydrogen-bond acceptors (Lipinski definition) is 4. The third-order valence-electron chi connectivity index (χ3n) is 4.60. The van der Waals surface area contributed by atoms with Gasteiger partial charge < -0.3 is 10.1 Å². The Bertz CT molecular complexity index is 1180. The molecule has 0 radical (unpaired) electrons. The Labute approximate surface area is 181 Å². The zero-order chi connectivity index (χ0) is 21.9. The number of carbonyl (C=O) groups is 1. The highest BCUT2D eigenvalue weighted by Gasteiger charge is 2.23. The number of halogens is 1. The summed E-state index contributed by atoms with van der Waals surface area (Å²) in [6.45, 7) is 1.76. The summed E-state index contributed by atoms with van der Waals surface area (Å²) < 4.78 is 32.2. The number of nitrogens with zero attached hydrogens (tertiary/aromatic N) is 1. The molecule has 3 aromatic rings. The Kier molecular flexibility index (Phi) is 6.34. The van der Waals surface area contributed by atoms with Crippen LogP contribution in [0.15, 0.2) is 71.6 Å². The average Bonchev–Trinajstić information content (AvgIpc) is 2.73. The molecule has 0 aliphatic rings. The number of aryl methyl sites for hydroxylation is 1. The zero-order valence-electron chi connectivity index (χ0n) is 16.7. The Morgan fingerprint density at radius 1 is 1.03 bits per heavy atom. The summed E-state index contributed by atoms with van der Waals surface area (Å²) in [5.74, 6) is 0.328. The van der Waals surface area contributed by atoms with Crippen LogP contribution in [-0.4, -0.2) is 28.5 Å². The third kappa shape index (κ3) is 4.58. The normalized spacial score (nSPS) is 11.1.